The van der Waals surface area contributed by atoms with Crippen molar-refractivity contribution in [2.75, 3.05) is 38.7 Å². The van der Waals surface area contributed by atoms with E-state index in [1.54, 1.807) is 49.6 Å². The van der Waals surface area contributed by atoms with Crippen LogP contribution in [-0.2, 0) is 4.74 Å². The Bertz CT molecular complexity index is 827. The molecule has 1 aliphatic rings. The van der Waals surface area contributed by atoms with Crippen LogP contribution in [0.25, 0.3) is 0 Å². The first-order valence-electron chi connectivity index (χ1n) is 10.00. The van der Waals surface area contributed by atoms with Crippen molar-refractivity contribution in [3.63, 3.8) is 0 Å². The highest BCUT2D eigenvalue weighted by atomic mass is 16.5. The van der Waals surface area contributed by atoms with Gasteiger partial charge in [0.2, 0.25) is 0 Å². The molecule has 2 aromatic carbocycles. The molecule has 0 atom stereocenters. The minimum absolute atomic E-state index is 0.0478. The smallest absolute Gasteiger partial charge is 0.259 e. The maximum atomic E-state index is 12.7. The fraction of sp³-hybridized carbons (Fsp3) is 0.391. The summed E-state index contributed by atoms with van der Waals surface area (Å²) in [5.41, 5.74) is 1.72. The van der Waals surface area contributed by atoms with Crippen molar-refractivity contribution < 1.29 is 19.1 Å². The third kappa shape index (κ3) is 5.57. The highest BCUT2D eigenvalue weighted by Gasteiger charge is 2.21. The van der Waals surface area contributed by atoms with E-state index in [-0.39, 0.29) is 11.8 Å². The quantitative estimate of drug-likeness (QED) is 0.722. The number of anilines is 1. The Morgan fingerprint density at radius 3 is 2.41 bits per heavy atom. The highest BCUT2D eigenvalue weighted by molar-refractivity contribution is 6.06. The molecule has 29 heavy (non-hydrogen) atoms. The number of nitrogens with one attached hydrogen (secondary N) is 1. The maximum absolute atomic E-state index is 12.7. The zero-order valence-corrected chi connectivity index (χ0v) is 17.0. The lowest BCUT2D eigenvalue weighted by Gasteiger charge is -2.30. The van der Waals surface area contributed by atoms with Crippen LogP contribution in [0.5, 0.6) is 5.75 Å². The van der Waals surface area contributed by atoms with Gasteiger partial charge >= 0.3 is 0 Å². The first-order chi connectivity index (χ1) is 14.1. The second-order valence-corrected chi connectivity index (χ2v) is 7.34. The minimum atomic E-state index is -0.262. The lowest BCUT2D eigenvalue weighted by atomic mass is 9.98. The molecular formula is C23H28N2O4. The molecule has 3 rings (SSSR count). The van der Waals surface area contributed by atoms with Crippen LogP contribution < -0.4 is 10.1 Å². The normalized spacial score (nSPS) is 14.5. The number of benzene rings is 2. The summed E-state index contributed by atoms with van der Waals surface area (Å²) in [6, 6.07) is 14.1. The van der Waals surface area contributed by atoms with Gasteiger partial charge in [-0.1, -0.05) is 19.1 Å². The van der Waals surface area contributed by atoms with Gasteiger partial charge in [0, 0.05) is 31.5 Å². The molecule has 2 aromatic rings. The predicted octanol–water partition coefficient (Wildman–Crippen LogP) is 3.84. The van der Waals surface area contributed by atoms with E-state index in [4.69, 9.17) is 9.47 Å². The number of methoxy groups -OCH3 is 1. The number of rotatable bonds is 7. The Labute approximate surface area is 171 Å². The largest absolute Gasteiger partial charge is 0.490 e. The van der Waals surface area contributed by atoms with Gasteiger partial charge in [-0.15, -0.1) is 0 Å². The van der Waals surface area contributed by atoms with Gasteiger partial charge in [-0.3, -0.25) is 9.59 Å². The molecular weight excluding hydrogens is 368 g/mol. The Morgan fingerprint density at radius 2 is 1.72 bits per heavy atom. The van der Waals surface area contributed by atoms with Gasteiger partial charge in [-0.05, 0) is 55.2 Å². The van der Waals surface area contributed by atoms with Crippen LogP contribution in [0.4, 0.5) is 5.69 Å². The molecule has 0 radical (unpaired) electrons. The molecule has 1 heterocycles. The molecule has 0 unspecified atom stereocenters. The number of ether oxygens (including phenoxy) is 2. The van der Waals surface area contributed by atoms with E-state index in [9.17, 15) is 9.59 Å². The Morgan fingerprint density at radius 1 is 1.03 bits per heavy atom. The summed E-state index contributed by atoms with van der Waals surface area (Å²) < 4.78 is 10.6. The fourth-order valence-electron chi connectivity index (χ4n) is 3.30. The van der Waals surface area contributed by atoms with Gasteiger partial charge < -0.3 is 19.7 Å². The van der Waals surface area contributed by atoms with Crippen molar-refractivity contribution in [1.29, 1.82) is 0 Å². The van der Waals surface area contributed by atoms with E-state index >= 15 is 0 Å². The molecule has 0 spiro atoms. The molecule has 1 fully saturated rings. The number of amides is 2. The molecule has 0 saturated carbocycles. The van der Waals surface area contributed by atoms with E-state index in [1.165, 1.54) is 0 Å². The third-order valence-electron chi connectivity index (χ3n) is 5.14. The standard InChI is InChI=1S/C23H28N2O4/c1-17-11-13-25(14-12-17)23(27)18-7-9-19(10-8-18)24-22(26)20-5-3-4-6-21(20)29-16-15-28-2/h3-10,17H,11-16H2,1-2H3,(H,24,26). The fourth-order valence-corrected chi connectivity index (χ4v) is 3.30. The molecule has 6 nitrogen and oxygen atoms in total. The molecule has 6 heteroatoms. The van der Waals surface area contributed by atoms with Crippen LogP contribution in [0.15, 0.2) is 48.5 Å². The van der Waals surface area contributed by atoms with Gasteiger partial charge in [0.05, 0.1) is 12.2 Å². The van der Waals surface area contributed by atoms with Gasteiger partial charge in [0.25, 0.3) is 11.8 Å². The molecule has 154 valence electrons. The number of hydrogen-bond acceptors (Lipinski definition) is 4. The van der Waals surface area contributed by atoms with E-state index in [0.29, 0.717) is 41.7 Å². The Balaban J connectivity index is 1.62. The average molecular weight is 396 g/mol. The first-order valence-corrected chi connectivity index (χ1v) is 10.00. The highest BCUT2D eigenvalue weighted by Crippen LogP contribution is 2.21. The number of carbonyl (C=O) groups is 2. The summed E-state index contributed by atoms with van der Waals surface area (Å²) in [5, 5.41) is 2.87. The summed E-state index contributed by atoms with van der Waals surface area (Å²) in [5.74, 6) is 0.972. The van der Waals surface area contributed by atoms with Crippen LogP contribution in [0.3, 0.4) is 0 Å². The average Bonchev–Trinajstić information content (AvgIpc) is 2.75. The molecule has 1 N–H and O–H groups in total. The summed E-state index contributed by atoms with van der Waals surface area (Å²) in [6.45, 7) is 4.64. The molecule has 0 aromatic heterocycles. The van der Waals surface area contributed by atoms with Gasteiger partial charge in [-0.2, -0.15) is 0 Å². The zero-order valence-electron chi connectivity index (χ0n) is 17.0. The van der Waals surface area contributed by atoms with Gasteiger partial charge in [-0.25, -0.2) is 0 Å². The lowest BCUT2D eigenvalue weighted by Crippen LogP contribution is -2.37. The predicted molar refractivity (Wildman–Crippen MR) is 113 cm³/mol. The van der Waals surface area contributed by atoms with Crippen LogP contribution in [0.2, 0.25) is 0 Å². The van der Waals surface area contributed by atoms with Crippen molar-refractivity contribution in [3.05, 3.63) is 59.7 Å². The minimum Gasteiger partial charge on any atom is -0.490 e. The SMILES string of the molecule is COCCOc1ccccc1C(=O)Nc1ccc(C(=O)N2CCC(C)CC2)cc1. The van der Waals surface area contributed by atoms with Crippen molar-refractivity contribution in [2.24, 2.45) is 5.92 Å². The third-order valence-corrected chi connectivity index (χ3v) is 5.14. The van der Waals surface area contributed by atoms with Crippen LogP contribution in [0, 0.1) is 5.92 Å². The second-order valence-electron chi connectivity index (χ2n) is 7.34. The van der Waals surface area contributed by atoms with Crippen molar-refractivity contribution in [1.82, 2.24) is 4.90 Å². The van der Waals surface area contributed by atoms with E-state index < -0.39 is 0 Å². The topological polar surface area (TPSA) is 67.9 Å². The van der Waals surface area contributed by atoms with E-state index in [2.05, 4.69) is 12.2 Å². The van der Waals surface area contributed by atoms with Crippen molar-refractivity contribution in [2.45, 2.75) is 19.8 Å². The molecule has 1 aliphatic heterocycles. The first kappa shape index (κ1) is 20.9. The van der Waals surface area contributed by atoms with E-state index in [0.717, 1.165) is 25.9 Å². The number of nitrogens with zero attached hydrogens (tertiary/aromatic N) is 1. The summed E-state index contributed by atoms with van der Waals surface area (Å²) in [4.78, 5) is 27.2. The number of para-hydroxylation sites is 1. The number of piperidine rings is 1. The molecule has 2 amide bonds. The van der Waals surface area contributed by atoms with Crippen LogP contribution >= 0.6 is 0 Å². The monoisotopic (exact) mass is 396 g/mol. The number of likely N-dealkylation sites (tertiary alicyclic amines) is 1. The number of hydrogen-bond donors (Lipinski definition) is 1. The van der Waals surface area contributed by atoms with Gasteiger partial charge in [0.1, 0.15) is 12.4 Å². The summed E-state index contributed by atoms with van der Waals surface area (Å²) in [7, 11) is 1.60. The molecule has 0 aliphatic carbocycles. The zero-order chi connectivity index (χ0) is 20.6. The number of carbonyl (C=O) groups excluding carboxylic acids is 2. The lowest BCUT2D eigenvalue weighted by molar-refractivity contribution is 0.0697. The summed E-state index contributed by atoms with van der Waals surface area (Å²) >= 11 is 0. The Kier molecular flexibility index (Phi) is 7.25. The Hall–Kier alpha value is -2.86. The maximum Gasteiger partial charge on any atom is 0.259 e. The van der Waals surface area contributed by atoms with Crippen LogP contribution in [-0.4, -0.2) is 50.1 Å². The van der Waals surface area contributed by atoms with E-state index in [1.807, 2.05) is 11.0 Å². The summed E-state index contributed by atoms with van der Waals surface area (Å²) in [6.07, 6.45) is 2.09. The van der Waals surface area contributed by atoms with Crippen molar-refractivity contribution >= 4 is 17.5 Å². The molecule has 0 bridgehead atoms. The van der Waals surface area contributed by atoms with Crippen molar-refractivity contribution in [3.8, 4) is 5.75 Å². The molecule has 1 saturated heterocycles. The van der Waals surface area contributed by atoms with Crippen LogP contribution in [0.1, 0.15) is 40.5 Å². The van der Waals surface area contributed by atoms with Gasteiger partial charge in [0.15, 0.2) is 0 Å². The second kappa shape index (κ2) is 10.1.